The van der Waals surface area contributed by atoms with Crippen LogP contribution < -0.4 is 9.47 Å². The molecule has 8 heteroatoms. The highest BCUT2D eigenvalue weighted by molar-refractivity contribution is 6.29. The zero-order valence-corrected chi connectivity index (χ0v) is 10.5. The molecular formula is C11H8ClN3O4. The third kappa shape index (κ3) is 3.08. The Hall–Kier alpha value is -2.41. The van der Waals surface area contributed by atoms with Gasteiger partial charge in [0.15, 0.2) is 11.5 Å². The zero-order valence-electron chi connectivity index (χ0n) is 9.74. The predicted molar refractivity (Wildman–Crippen MR) is 66.8 cm³/mol. The first-order chi connectivity index (χ1) is 9.10. The molecular weight excluding hydrogens is 274 g/mol. The molecule has 0 aliphatic carbocycles. The van der Waals surface area contributed by atoms with E-state index in [9.17, 15) is 10.1 Å². The van der Waals surface area contributed by atoms with Crippen molar-refractivity contribution in [2.45, 2.75) is 0 Å². The van der Waals surface area contributed by atoms with Crippen LogP contribution in [0.5, 0.6) is 17.4 Å². The van der Waals surface area contributed by atoms with Crippen LogP contribution in [0.25, 0.3) is 0 Å². The fourth-order valence-corrected chi connectivity index (χ4v) is 1.48. The number of ether oxygens (including phenoxy) is 2. The normalized spacial score (nSPS) is 10.0. The Kier molecular flexibility index (Phi) is 3.76. The largest absolute Gasteiger partial charge is 0.493 e. The molecule has 0 aliphatic heterocycles. The van der Waals surface area contributed by atoms with Crippen LogP contribution in [0.3, 0.4) is 0 Å². The molecule has 0 aliphatic rings. The van der Waals surface area contributed by atoms with Crippen molar-refractivity contribution in [2.75, 3.05) is 7.11 Å². The monoisotopic (exact) mass is 281 g/mol. The number of methoxy groups -OCH3 is 1. The Labute approximate surface area is 112 Å². The molecule has 0 radical (unpaired) electrons. The van der Waals surface area contributed by atoms with Crippen molar-refractivity contribution in [3.8, 4) is 17.4 Å². The van der Waals surface area contributed by atoms with Gasteiger partial charge in [-0.25, -0.2) is 9.97 Å². The minimum Gasteiger partial charge on any atom is -0.493 e. The molecule has 0 atom stereocenters. The first-order valence-corrected chi connectivity index (χ1v) is 5.46. The Morgan fingerprint density at radius 1 is 1.26 bits per heavy atom. The molecule has 0 N–H and O–H groups in total. The van der Waals surface area contributed by atoms with Gasteiger partial charge in [-0.2, -0.15) is 0 Å². The average molecular weight is 282 g/mol. The molecule has 19 heavy (non-hydrogen) atoms. The van der Waals surface area contributed by atoms with Gasteiger partial charge in [-0.1, -0.05) is 11.6 Å². The highest BCUT2D eigenvalue weighted by atomic mass is 35.5. The number of aromatic nitrogens is 2. The van der Waals surface area contributed by atoms with E-state index in [1.807, 2.05) is 0 Å². The number of rotatable bonds is 4. The first kappa shape index (κ1) is 13.0. The van der Waals surface area contributed by atoms with E-state index in [-0.39, 0.29) is 22.5 Å². The van der Waals surface area contributed by atoms with Crippen LogP contribution in [0.2, 0.25) is 5.15 Å². The number of halogens is 1. The molecule has 1 aromatic carbocycles. The summed E-state index contributed by atoms with van der Waals surface area (Å²) in [5.74, 6) is 0.686. The van der Waals surface area contributed by atoms with Crippen molar-refractivity contribution in [3.63, 3.8) is 0 Å². The second-order valence-electron chi connectivity index (χ2n) is 3.37. The standard InChI is InChI=1S/C11H8ClN3O4/c1-18-8-3-2-7(15(16)17)4-9(8)19-11-5-10(12)13-6-14-11/h2-6H,1H3. The molecule has 0 bridgehead atoms. The van der Waals surface area contributed by atoms with Crippen LogP contribution in [0.15, 0.2) is 30.6 Å². The van der Waals surface area contributed by atoms with Gasteiger partial charge >= 0.3 is 0 Å². The third-order valence-corrected chi connectivity index (χ3v) is 2.39. The van der Waals surface area contributed by atoms with E-state index < -0.39 is 4.92 Å². The summed E-state index contributed by atoms with van der Waals surface area (Å²) in [6.45, 7) is 0. The molecule has 2 rings (SSSR count). The molecule has 98 valence electrons. The number of hydrogen-bond acceptors (Lipinski definition) is 6. The fraction of sp³-hybridized carbons (Fsp3) is 0.0909. The van der Waals surface area contributed by atoms with Gasteiger partial charge in [-0.15, -0.1) is 0 Å². The van der Waals surface area contributed by atoms with Crippen molar-refractivity contribution in [3.05, 3.63) is 45.9 Å². The lowest BCUT2D eigenvalue weighted by Gasteiger charge is -2.08. The van der Waals surface area contributed by atoms with E-state index >= 15 is 0 Å². The van der Waals surface area contributed by atoms with Crippen molar-refractivity contribution in [1.29, 1.82) is 0 Å². The van der Waals surface area contributed by atoms with Crippen LogP contribution in [-0.4, -0.2) is 22.0 Å². The van der Waals surface area contributed by atoms with E-state index in [2.05, 4.69) is 9.97 Å². The lowest BCUT2D eigenvalue weighted by Crippen LogP contribution is -1.95. The maximum absolute atomic E-state index is 10.7. The highest BCUT2D eigenvalue weighted by Gasteiger charge is 2.13. The number of nitro groups is 1. The van der Waals surface area contributed by atoms with Crippen molar-refractivity contribution < 1.29 is 14.4 Å². The second-order valence-corrected chi connectivity index (χ2v) is 3.76. The van der Waals surface area contributed by atoms with Gasteiger partial charge < -0.3 is 9.47 Å². The molecule has 0 amide bonds. The van der Waals surface area contributed by atoms with E-state index in [0.717, 1.165) is 0 Å². The van der Waals surface area contributed by atoms with Gasteiger partial charge in [0, 0.05) is 12.1 Å². The minimum absolute atomic E-state index is 0.115. The number of non-ortho nitro benzene ring substituents is 1. The van der Waals surface area contributed by atoms with Gasteiger partial charge in [0.25, 0.3) is 5.69 Å². The van der Waals surface area contributed by atoms with Gasteiger partial charge in [0.05, 0.1) is 18.1 Å². The van der Waals surface area contributed by atoms with Crippen LogP contribution in [-0.2, 0) is 0 Å². The maximum Gasteiger partial charge on any atom is 0.273 e. The molecule has 0 saturated carbocycles. The summed E-state index contributed by atoms with van der Waals surface area (Å²) in [5.41, 5.74) is -0.115. The second kappa shape index (κ2) is 5.49. The number of nitro benzene ring substituents is 1. The van der Waals surface area contributed by atoms with E-state index in [4.69, 9.17) is 21.1 Å². The summed E-state index contributed by atoms with van der Waals surface area (Å²) < 4.78 is 10.5. The smallest absolute Gasteiger partial charge is 0.273 e. The molecule has 7 nitrogen and oxygen atoms in total. The van der Waals surface area contributed by atoms with Crippen molar-refractivity contribution >= 4 is 17.3 Å². The Morgan fingerprint density at radius 3 is 2.68 bits per heavy atom. The van der Waals surface area contributed by atoms with Gasteiger partial charge in [0.2, 0.25) is 5.88 Å². The number of nitrogens with zero attached hydrogens (tertiary/aromatic N) is 3. The van der Waals surface area contributed by atoms with Crippen LogP contribution in [0, 0.1) is 10.1 Å². The molecule has 0 saturated heterocycles. The van der Waals surface area contributed by atoms with Gasteiger partial charge in [-0.05, 0) is 6.07 Å². The predicted octanol–water partition coefficient (Wildman–Crippen LogP) is 2.84. The van der Waals surface area contributed by atoms with E-state index in [0.29, 0.717) is 5.75 Å². The first-order valence-electron chi connectivity index (χ1n) is 5.08. The molecule has 2 aromatic rings. The third-order valence-electron chi connectivity index (χ3n) is 2.18. The summed E-state index contributed by atoms with van der Waals surface area (Å²) in [6, 6.07) is 5.39. The number of hydrogen-bond donors (Lipinski definition) is 0. The lowest BCUT2D eigenvalue weighted by molar-refractivity contribution is -0.384. The summed E-state index contributed by atoms with van der Waals surface area (Å²) in [6.07, 6.45) is 1.22. The van der Waals surface area contributed by atoms with Crippen molar-refractivity contribution in [2.24, 2.45) is 0 Å². The van der Waals surface area contributed by atoms with Crippen LogP contribution in [0.4, 0.5) is 5.69 Å². The Bertz CT molecular complexity index is 621. The molecule has 1 heterocycles. The Balaban J connectivity index is 2.37. The quantitative estimate of drug-likeness (QED) is 0.486. The summed E-state index contributed by atoms with van der Waals surface area (Å²) >= 11 is 5.70. The Morgan fingerprint density at radius 2 is 2.05 bits per heavy atom. The molecule has 0 spiro atoms. The molecule has 1 aromatic heterocycles. The van der Waals surface area contributed by atoms with Gasteiger partial charge in [0.1, 0.15) is 11.5 Å². The van der Waals surface area contributed by atoms with Crippen LogP contribution >= 0.6 is 11.6 Å². The molecule has 0 fully saturated rings. The fourth-order valence-electron chi connectivity index (χ4n) is 1.34. The van der Waals surface area contributed by atoms with Crippen molar-refractivity contribution in [1.82, 2.24) is 9.97 Å². The number of benzene rings is 1. The minimum atomic E-state index is -0.529. The molecule has 0 unspecified atom stereocenters. The average Bonchev–Trinajstić information content (AvgIpc) is 2.38. The maximum atomic E-state index is 10.7. The van der Waals surface area contributed by atoms with Crippen LogP contribution in [0.1, 0.15) is 0 Å². The topological polar surface area (TPSA) is 87.4 Å². The summed E-state index contributed by atoms with van der Waals surface area (Å²) in [7, 11) is 1.43. The summed E-state index contributed by atoms with van der Waals surface area (Å²) in [4.78, 5) is 17.7. The highest BCUT2D eigenvalue weighted by Crippen LogP contribution is 2.34. The van der Waals surface area contributed by atoms with E-state index in [1.54, 1.807) is 0 Å². The van der Waals surface area contributed by atoms with E-state index in [1.165, 1.54) is 37.7 Å². The lowest BCUT2D eigenvalue weighted by atomic mass is 10.3. The zero-order chi connectivity index (χ0) is 13.8. The SMILES string of the molecule is COc1ccc([N+](=O)[O-])cc1Oc1cc(Cl)ncn1. The van der Waals surface area contributed by atoms with Gasteiger partial charge in [-0.3, -0.25) is 10.1 Å². The summed E-state index contributed by atoms with van der Waals surface area (Å²) in [5, 5.41) is 10.9.